The quantitative estimate of drug-likeness (QED) is 0.531. The number of hydrogen-bond acceptors (Lipinski definition) is 3. The zero-order chi connectivity index (χ0) is 15.1. The molecule has 0 spiro atoms. The van der Waals surface area contributed by atoms with Crippen molar-refractivity contribution >= 4 is 21.9 Å². The van der Waals surface area contributed by atoms with Crippen LogP contribution in [0.25, 0.3) is 21.9 Å². The summed E-state index contributed by atoms with van der Waals surface area (Å²) in [5.74, 6) is 0. The molecule has 0 amide bonds. The Morgan fingerprint density at radius 3 is 2.59 bits per heavy atom. The Morgan fingerprint density at radius 1 is 1.05 bits per heavy atom. The molecule has 0 bridgehead atoms. The highest BCUT2D eigenvalue weighted by Crippen LogP contribution is 2.25. The average Bonchev–Trinajstić information content (AvgIpc) is 2.86. The number of fused-ring (bicyclic) bond motifs is 3. The first-order valence-electron chi connectivity index (χ1n) is 7.17. The summed E-state index contributed by atoms with van der Waals surface area (Å²) in [6, 6.07) is 17.7. The maximum absolute atomic E-state index is 12.3. The molecular weight excluding hydrogens is 276 g/mol. The second-order valence-corrected chi connectivity index (χ2v) is 5.34. The normalized spacial score (nSPS) is 11.3. The Hall–Kier alpha value is -2.88. The lowest BCUT2D eigenvalue weighted by atomic mass is 10.1. The molecule has 2 aromatic carbocycles. The molecule has 4 heteroatoms. The van der Waals surface area contributed by atoms with Gasteiger partial charge >= 0.3 is 5.63 Å². The number of para-hydroxylation sites is 1. The Kier molecular flexibility index (Phi) is 2.82. The first-order valence-corrected chi connectivity index (χ1v) is 7.17. The first-order chi connectivity index (χ1) is 10.7. The fourth-order valence-corrected chi connectivity index (χ4v) is 2.87. The van der Waals surface area contributed by atoms with E-state index in [0.29, 0.717) is 23.2 Å². The van der Waals surface area contributed by atoms with Crippen LogP contribution in [0.3, 0.4) is 0 Å². The van der Waals surface area contributed by atoms with E-state index >= 15 is 0 Å². The van der Waals surface area contributed by atoms with E-state index in [1.165, 1.54) is 0 Å². The zero-order valence-corrected chi connectivity index (χ0v) is 12.1. The molecule has 0 atom stereocenters. The van der Waals surface area contributed by atoms with Crippen LogP contribution in [0.5, 0.6) is 0 Å². The third-order valence-electron chi connectivity index (χ3n) is 3.85. The van der Waals surface area contributed by atoms with E-state index in [0.717, 1.165) is 16.5 Å². The van der Waals surface area contributed by atoms with Crippen LogP contribution in [0.15, 0.2) is 63.8 Å². The molecule has 0 radical (unpaired) electrons. The molecule has 0 aliphatic carbocycles. The predicted octanol–water partition coefficient (Wildman–Crippen LogP) is 3.50. The number of nitrogens with zero attached hydrogens (tertiary/aromatic N) is 2. The van der Waals surface area contributed by atoms with Crippen molar-refractivity contribution in [3.8, 4) is 0 Å². The standard InChI is InChI=1S/C18H14N2O2/c1-12-16-17(14-9-5-6-10-15(14)22-18(16)21)20(19-12)11-13-7-3-2-4-8-13/h2-10H,11H2,1H3. The van der Waals surface area contributed by atoms with Crippen molar-refractivity contribution in [1.82, 2.24) is 9.78 Å². The summed E-state index contributed by atoms with van der Waals surface area (Å²) in [6.07, 6.45) is 0. The van der Waals surface area contributed by atoms with Gasteiger partial charge in [0.25, 0.3) is 0 Å². The molecule has 0 saturated carbocycles. The monoisotopic (exact) mass is 290 g/mol. The molecule has 0 fully saturated rings. The molecule has 22 heavy (non-hydrogen) atoms. The summed E-state index contributed by atoms with van der Waals surface area (Å²) in [4.78, 5) is 12.3. The van der Waals surface area contributed by atoms with E-state index in [9.17, 15) is 4.79 Å². The van der Waals surface area contributed by atoms with Crippen LogP contribution in [0.2, 0.25) is 0 Å². The van der Waals surface area contributed by atoms with Crippen molar-refractivity contribution in [3.05, 3.63) is 76.3 Å². The van der Waals surface area contributed by atoms with Crippen molar-refractivity contribution in [2.45, 2.75) is 13.5 Å². The van der Waals surface area contributed by atoms with Gasteiger partial charge in [0.1, 0.15) is 11.0 Å². The third kappa shape index (κ3) is 1.92. The number of rotatable bonds is 2. The fourth-order valence-electron chi connectivity index (χ4n) is 2.87. The van der Waals surface area contributed by atoms with E-state index in [2.05, 4.69) is 17.2 Å². The van der Waals surface area contributed by atoms with Crippen LogP contribution in [-0.2, 0) is 6.54 Å². The van der Waals surface area contributed by atoms with Crippen molar-refractivity contribution in [2.75, 3.05) is 0 Å². The minimum atomic E-state index is -0.328. The first kappa shape index (κ1) is 12.8. The predicted molar refractivity (Wildman–Crippen MR) is 86.1 cm³/mol. The summed E-state index contributed by atoms with van der Waals surface area (Å²) in [5, 5.41) is 6.03. The molecule has 0 unspecified atom stereocenters. The summed E-state index contributed by atoms with van der Waals surface area (Å²) >= 11 is 0. The van der Waals surface area contributed by atoms with Crippen molar-refractivity contribution in [3.63, 3.8) is 0 Å². The highest BCUT2D eigenvalue weighted by atomic mass is 16.4. The van der Waals surface area contributed by atoms with Crippen LogP contribution in [-0.4, -0.2) is 9.78 Å². The molecule has 2 aromatic heterocycles. The molecule has 0 aliphatic heterocycles. The summed E-state index contributed by atoms with van der Waals surface area (Å²) in [6.45, 7) is 2.47. The second kappa shape index (κ2) is 4.84. The van der Waals surface area contributed by atoms with Crippen LogP contribution in [0.1, 0.15) is 11.3 Å². The van der Waals surface area contributed by atoms with Gasteiger partial charge in [0, 0.05) is 5.39 Å². The van der Waals surface area contributed by atoms with Gasteiger partial charge in [-0.25, -0.2) is 4.79 Å². The lowest BCUT2D eigenvalue weighted by Crippen LogP contribution is -2.04. The minimum Gasteiger partial charge on any atom is -0.422 e. The molecule has 0 aliphatic rings. The SMILES string of the molecule is Cc1nn(Cc2ccccc2)c2c1c(=O)oc1ccccc12. The van der Waals surface area contributed by atoms with E-state index in [4.69, 9.17) is 4.42 Å². The second-order valence-electron chi connectivity index (χ2n) is 5.34. The van der Waals surface area contributed by atoms with E-state index in [1.54, 1.807) is 0 Å². The average molecular weight is 290 g/mol. The maximum Gasteiger partial charge on any atom is 0.347 e. The van der Waals surface area contributed by atoms with Crippen LogP contribution in [0, 0.1) is 6.92 Å². The van der Waals surface area contributed by atoms with Crippen LogP contribution < -0.4 is 5.63 Å². The number of benzene rings is 2. The number of hydrogen-bond donors (Lipinski definition) is 0. The maximum atomic E-state index is 12.3. The van der Waals surface area contributed by atoms with Gasteiger partial charge in [0.05, 0.1) is 17.8 Å². The van der Waals surface area contributed by atoms with Gasteiger partial charge in [-0.1, -0.05) is 42.5 Å². The van der Waals surface area contributed by atoms with Gasteiger partial charge in [-0.2, -0.15) is 5.10 Å². The minimum absolute atomic E-state index is 0.328. The van der Waals surface area contributed by atoms with Gasteiger partial charge < -0.3 is 4.42 Å². The highest BCUT2D eigenvalue weighted by molar-refractivity contribution is 6.02. The Morgan fingerprint density at radius 2 is 1.77 bits per heavy atom. The summed E-state index contributed by atoms with van der Waals surface area (Å²) in [5.41, 5.74) is 2.95. The molecule has 108 valence electrons. The number of aromatic nitrogens is 2. The van der Waals surface area contributed by atoms with Crippen molar-refractivity contribution in [2.24, 2.45) is 0 Å². The lowest BCUT2D eigenvalue weighted by molar-refractivity contribution is 0.569. The molecule has 0 N–H and O–H groups in total. The topological polar surface area (TPSA) is 48.0 Å². The summed E-state index contributed by atoms with van der Waals surface area (Å²) < 4.78 is 7.30. The molecule has 4 nitrogen and oxygen atoms in total. The van der Waals surface area contributed by atoms with Gasteiger partial charge in [0.15, 0.2) is 0 Å². The Bertz CT molecular complexity index is 1030. The summed E-state index contributed by atoms with van der Waals surface area (Å²) in [7, 11) is 0. The van der Waals surface area contributed by atoms with Crippen molar-refractivity contribution < 1.29 is 4.42 Å². The van der Waals surface area contributed by atoms with Crippen molar-refractivity contribution in [1.29, 1.82) is 0 Å². The van der Waals surface area contributed by atoms with E-state index in [-0.39, 0.29) is 5.63 Å². The Labute approximate surface area is 126 Å². The number of aryl methyl sites for hydroxylation is 1. The van der Waals surface area contributed by atoms with E-state index in [1.807, 2.05) is 54.1 Å². The lowest BCUT2D eigenvalue weighted by Gasteiger charge is -2.05. The largest absolute Gasteiger partial charge is 0.422 e. The zero-order valence-electron chi connectivity index (χ0n) is 12.1. The van der Waals surface area contributed by atoms with E-state index < -0.39 is 0 Å². The molecular formula is C18H14N2O2. The van der Waals surface area contributed by atoms with Gasteiger partial charge in [-0.05, 0) is 24.6 Å². The molecule has 2 heterocycles. The fraction of sp³-hybridized carbons (Fsp3) is 0.111. The van der Waals surface area contributed by atoms with Gasteiger partial charge in [0.2, 0.25) is 0 Å². The van der Waals surface area contributed by atoms with Crippen LogP contribution >= 0.6 is 0 Å². The molecule has 0 saturated heterocycles. The van der Waals surface area contributed by atoms with Crippen LogP contribution in [0.4, 0.5) is 0 Å². The van der Waals surface area contributed by atoms with Gasteiger partial charge in [-0.3, -0.25) is 4.68 Å². The molecule has 4 aromatic rings. The third-order valence-corrected chi connectivity index (χ3v) is 3.85. The molecule has 4 rings (SSSR count). The smallest absolute Gasteiger partial charge is 0.347 e. The highest BCUT2D eigenvalue weighted by Gasteiger charge is 2.16. The van der Waals surface area contributed by atoms with Gasteiger partial charge in [-0.15, -0.1) is 0 Å². The Balaban J connectivity index is 2.05.